The lowest BCUT2D eigenvalue weighted by atomic mass is 10.2. The van der Waals surface area contributed by atoms with Crippen molar-refractivity contribution in [3.8, 4) is 0 Å². The Kier molecular flexibility index (Phi) is 4.39. The highest BCUT2D eigenvalue weighted by Crippen LogP contribution is 2.19. The van der Waals surface area contributed by atoms with Crippen molar-refractivity contribution in [2.45, 2.75) is 25.6 Å². The molecule has 19 heavy (non-hydrogen) atoms. The molecule has 1 N–H and O–H groups in total. The Morgan fingerprint density at radius 2 is 2.05 bits per heavy atom. The van der Waals surface area contributed by atoms with E-state index in [2.05, 4.69) is 4.72 Å². The molecule has 0 spiro atoms. The van der Waals surface area contributed by atoms with Crippen molar-refractivity contribution in [1.82, 2.24) is 4.72 Å². The molecule has 0 saturated heterocycles. The molecule has 0 saturated carbocycles. The minimum atomic E-state index is -3.32. The van der Waals surface area contributed by atoms with Crippen LogP contribution >= 0.6 is 11.3 Å². The maximum atomic E-state index is 12.1. The van der Waals surface area contributed by atoms with Crippen LogP contribution in [0, 0.1) is 6.92 Å². The van der Waals surface area contributed by atoms with Crippen molar-refractivity contribution in [2.75, 3.05) is 0 Å². The van der Waals surface area contributed by atoms with E-state index in [1.54, 1.807) is 11.3 Å². The van der Waals surface area contributed by atoms with E-state index in [1.807, 2.05) is 55.6 Å². The maximum absolute atomic E-state index is 12.1. The number of hydrogen-bond donors (Lipinski definition) is 1. The summed E-state index contributed by atoms with van der Waals surface area (Å²) >= 11 is 1.55. The van der Waals surface area contributed by atoms with Gasteiger partial charge in [-0.05, 0) is 30.9 Å². The first-order chi connectivity index (χ1) is 8.96. The van der Waals surface area contributed by atoms with Crippen LogP contribution in [0.1, 0.15) is 29.0 Å². The molecule has 2 rings (SSSR count). The zero-order chi connectivity index (χ0) is 13.9. The van der Waals surface area contributed by atoms with Crippen molar-refractivity contribution in [2.24, 2.45) is 0 Å². The number of aryl methyl sites for hydroxylation is 1. The van der Waals surface area contributed by atoms with E-state index in [0.29, 0.717) is 0 Å². The third-order valence-electron chi connectivity index (χ3n) is 2.77. The van der Waals surface area contributed by atoms with Gasteiger partial charge in [0.1, 0.15) is 0 Å². The van der Waals surface area contributed by atoms with Crippen LogP contribution in [-0.2, 0) is 15.8 Å². The zero-order valence-electron chi connectivity index (χ0n) is 11.0. The van der Waals surface area contributed by atoms with Gasteiger partial charge in [-0.25, -0.2) is 13.1 Å². The minimum absolute atomic E-state index is 0.0182. The summed E-state index contributed by atoms with van der Waals surface area (Å²) in [5.74, 6) is 0.0182. The molecular formula is C14H17NO2S2. The summed E-state index contributed by atoms with van der Waals surface area (Å²) in [5.41, 5.74) is 1.88. The van der Waals surface area contributed by atoms with Crippen LogP contribution in [0.3, 0.4) is 0 Å². The lowest BCUT2D eigenvalue weighted by Gasteiger charge is -2.13. The summed E-state index contributed by atoms with van der Waals surface area (Å²) in [5, 5.41) is 1.95. The van der Waals surface area contributed by atoms with Crippen molar-refractivity contribution >= 4 is 21.4 Å². The fourth-order valence-corrected chi connectivity index (χ4v) is 4.10. The summed E-state index contributed by atoms with van der Waals surface area (Å²) < 4.78 is 26.9. The number of hydrogen-bond acceptors (Lipinski definition) is 3. The van der Waals surface area contributed by atoms with E-state index in [0.717, 1.165) is 16.0 Å². The summed E-state index contributed by atoms with van der Waals surface area (Å²) in [4.78, 5) is 1.02. The van der Waals surface area contributed by atoms with Crippen molar-refractivity contribution in [3.63, 3.8) is 0 Å². The molecule has 0 bridgehead atoms. The highest BCUT2D eigenvalue weighted by Gasteiger charge is 2.17. The highest BCUT2D eigenvalue weighted by molar-refractivity contribution is 7.88. The Balaban J connectivity index is 2.07. The lowest BCUT2D eigenvalue weighted by molar-refractivity contribution is 0.567. The second kappa shape index (κ2) is 5.86. The van der Waals surface area contributed by atoms with Crippen LogP contribution in [0.25, 0.3) is 0 Å². The number of sulfonamides is 1. The van der Waals surface area contributed by atoms with E-state index < -0.39 is 10.0 Å². The largest absolute Gasteiger partial charge is 0.216 e. The molecule has 1 aromatic carbocycles. The molecule has 0 aliphatic rings. The monoisotopic (exact) mass is 295 g/mol. The first-order valence-corrected chi connectivity index (χ1v) is 8.58. The standard InChI is InChI=1S/C14H17NO2S2/c1-11-5-3-6-13(9-11)10-19(16,17)15-12(2)14-7-4-8-18-14/h3-9,12,15H,10H2,1-2H3. The molecule has 0 fully saturated rings. The molecule has 1 heterocycles. The van der Waals surface area contributed by atoms with Gasteiger partial charge in [-0.2, -0.15) is 0 Å². The summed E-state index contributed by atoms with van der Waals surface area (Å²) in [6, 6.07) is 11.2. The smallest absolute Gasteiger partial charge is 0.212 e. The Bertz CT molecular complexity index is 633. The van der Waals surface area contributed by atoms with Crippen LogP contribution in [0.5, 0.6) is 0 Å². The van der Waals surface area contributed by atoms with Gasteiger partial charge in [0.05, 0.1) is 11.8 Å². The summed E-state index contributed by atoms with van der Waals surface area (Å²) in [6.45, 7) is 3.82. The predicted octanol–water partition coefficient (Wildman–Crippen LogP) is 3.24. The number of rotatable bonds is 5. The van der Waals surface area contributed by atoms with Crippen LogP contribution in [0.15, 0.2) is 41.8 Å². The molecule has 0 radical (unpaired) electrons. The number of nitrogens with one attached hydrogen (secondary N) is 1. The molecule has 1 atom stereocenters. The average molecular weight is 295 g/mol. The lowest BCUT2D eigenvalue weighted by Crippen LogP contribution is -2.27. The first-order valence-electron chi connectivity index (χ1n) is 6.05. The van der Waals surface area contributed by atoms with Gasteiger partial charge >= 0.3 is 0 Å². The topological polar surface area (TPSA) is 46.2 Å². The molecule has 0 aliphatic heterocycles. The molecule has 0 aliphatic carbocycles. The van der Waals surface area contributed by atoms with Gasteiger partial charge in [0.15, 0.2) is 0 Å². The highest BCUT2D eigenvalue weighted by atomic mass is 32.2. The predicted molar refractivity (Wildman–Crippen MR) is 79.7 cm³/mol. The molecule has 1 unspecified atom stereocenters. The van der Waals surface area contributed by atoms with Gasteiger partial charge in [-0.15, -0.1) is 11.3 Å². The number of thiophene rings is 1. The molecule has 2 aromatic rings. The third-order valence-corrected chi connectivity index (χ3v) is 5.25. The van der Waals surface area contributed by atoms with E-state index in [4.69, 9.17) is 0 Å². The summed E-state index contributed by atoms with van der Waals surface area (Å²) in [7, 11) is -3.32. The maximum Gasteiger partial charge on any atom is 0.216 e. The Labute approximate surface area is 118 Å². The average Bonchev–Trinajstić information content (AvgIpc) is 2.80. The van der Waals surface area contributed by atoms with E-state index in [9.17, 15) is 8.42 Å². The van der Waals surface area contributed by atoms with Crippen LogP contribution < -0.4 is 4.72 Å². The quantitative estimate of drug-likeness (QED) is 0.920. The Morgan fingerprint density at radius 3 is 2.68 bits per heavy atom. The molecule has 1 aromatic heterocycles. The van der Waals surface area contributed by atoms with Crippen molar-refractivity contribution in [3.05, 3.63) is 57.8 Å². The normalized spacial score (nSPS) is 13.4. The van der Waals surface area contributed by atoms with Gasteiger partial charge in [0.25, 0.3) is 0 Å². The molecule has 5 heteroatoms. The van der Waals surface area contributed by atoms with E-state index >= 15 is 0 Å². The first kappa shape index (κ1) is 14.2. The fourth-order valence-electron chi connectivity index (χ4n) is 1.93. The Hall–Kier alpha value is -1.17. The second-order valence-corrected chi connectivity index (χ2v) is 7.34. The minimum Gasteiger partial charge on any atom is -0.212 e. The van der Waals surface area contributed by atoms with Gasteiger partial charge in [0.2, 0.25) is 10.0 Å². The fraction of sp³-hybridized carbons (Fsp3) is 0.286. The third kappa shape index (κ3) is 4.16. The molecule has 3 nitrogen and oxygen atoms in total. The van der Waals surface area contributed by atoms with Crippen molar-refractivity contribution in [1.29, 1.82) is 0 Å². The van der Waals surface area contributed by atoms with Gasteiger partial charge < -0.3 is 0 Å². The van der Waals surface area contributed by atoms with E-state index in [-0.39, 0.29) is 11.8 Å². The second-order valence-electron chi connectivity index (χ2n) is 4.60. The van der Waals surface area contributed by atoms with Crippen LogP contribution in [0.4, 0.5) is 0 Å². The molecule has 102 valence electrons. The number of benzene rings is 1. The van der Waals surface area contributed by atoms with Gasteiger partial charge in [-0.3, -0.25) is 0 Å². The van der Waals surface area contributed by atoms with Crippen LogP contribution in [-0.4, -0.2) is 8.42 Å². The zero-order valence-corrected chi connectivity index (χ0v) is 12.6. The van der Waals surface area contributed by atoms with Gasteiger partial charge in [-0.1, -0.05) is 35.9 Å². The molecule has 0 amide bonds. The van der Waals surface area contributed by atoms with Crippen LogP contribution in [0.2, 0.25) is 0 Å². The van der Waals surface area contributed by atoms with E-state index in [1.165, 1.54) is 0 Å². The SMILES string of the molecule is Cc1cccc(CS(=O)(=O)NC(C)c2cccs2)c1. The van der Waals surface area contributed by atoms with Crippen molar-refractivity contribution < 1.29 is 8.42 Å². The Morgan fingerprint density at radius 1 is 1.26 bits per heavy atom. The molecular weight excluding hydrogens is 278 g/mol. The summed E-state index contributed by atoms with van der Waals surface area (Å²) in [6.07, 6.45) is 0. The van der Waals surface area contributed by atoms with Gasteiger partial charge in [0, 0.05) is 4.88 Å².